The van der Waals surface area contributed by atoms with Crippen LogP contribution < -0.4 is 5.32 Å². The van der Waals surface area contributed by atoms with Gasteiger partial charge in [0.1, 0.15) is 6.10 Å². The Morgan fingerprint density at radius 3 is 1.13 bits per heavy atom. The Labute approximate surface area is 1710 Å². The molecule has 82 heavy (non-hydrogen) atoms. The minimum Gasteiger partial charge on any atom is -0.446 e. The number of alkyl carbamates (subject to hydrolysis) is 1. The summed E-state index contributed by atoms with van der Waals surface area (Å²) in [6, 6.07) is 0. The number of hydrogen-bond acceptors (Lipinski definition) is 4. The number of carbonyl (C=O) groups excluding carboxylic acids is 1. The molecule has 0 heterocycles. The number of nitrogens with one attached hydrogen (secondary N) is 1. The molecule has 0 saturated heterocycles. The van der Waals surface area contributed by atoms with Crippen molar-refractivity contribution >= 4 is 13.7 Å². The van der Waals surface area contributed by atoms with Gasteiger partial charge in [-0.05, 0) is 86.4 Å². The minimum atomic E-state index is -3.36. The van der Waals surface area contributed by atoms with Crippen molar-refractivity contribution in [3.05, 3.63) is 11.6 Å². The number of hydrogen-bond donors (Lipinski definition) is 2. The van der Waals surface area contributed by atoms with Gasteiger partial charge in [0.15, 0.2) is 0 Å². The van der Waals surface area contributed by atoms with Crippen molar-refractivity contribution in [3.63, 3.8) is 0 Å². The summed E-state index contributed by atoms with van der Waals surface area (Å²) >= 11 is 0. The summed E-state index contributed by atoms with van der Waals surface area (Å²) in [5.74, 6) is 2.58. The first-order valence-corrected chi connectivity index (χ1v) is 15.7. The Morgan fingerprint density at radius 2 is 0.805 bits per heavy atom. The Kier molecular flexibility index (Phi) is 739. The van der Waals surface area contributed by atoms with Crippen molar-refractivity contribution in [1.29, 1.82) is 0 Å². The topological polar surface area (TPSA) is 84.9 Å². The molecule has 0 bridgehead atoms. The largest absolute Gasteiger partial charge is 0.446 e. The SMILES string of the molecule is C[C@@]12CCC[C@H]1[C@@H]1CC=C3C[C@@H](OC(=O)NCCCCCCOP(C)(=O)O)CC[C@]3(C)[C@H]1CC2.[Y].[Y].[Y].[Y].[Y].[Y].[Y].[Y].[Y].[Y].[Y].[Y].[Y].[Y].[Y].[Y].[Y].[Y].[Y].[Y].[Y].[Y].[Y].[Y].[Y].[Y].[Y].[Y].[Y].[Y].[Y].[Y].[Y].[Y].[Y].[Y].[Y].[Y].[Y].[Y].[Y].[Y].[Y].[Y].[Y].[Y].[Y].[Y]. The molecule has 3 saturated carbocycles. The molecule has 3 fully saturated rings. The summed E-state index contributed by atoms with van der Waals surface area (Å²) < 4.78 is 21.8. The summed E-state index contributed by atoms with van der Waals surface area (Å²) in [6.07, 6.45) is 17.0. The third-order valence-electron chi connectivity index (χ3n) is 9.78. The summed E-state index contributed by atoms with van der Waals surface area (Å²) in [5, 5.41) is 2.90. The molecule has 0 aliphatic heterocycles. The Morgan fingerprint density at radius 1 is 0.476 bits per heavy atom. The van der Waals surface area contributed by atoms with Crippen molar-refractivity contribution in [2.45, 2.75) is 103 Å². The van der Waals surface area contributed by atoms with Gasteiger partial charge in [0.05, 0.1) is 6.61 Å². The van der Waals surface area contributed by atoms with Gasteiger partial charge in [0, 0.05) is 1590 Å². The van der Waals surface area contributed by atoms with E-state index >= 15 is 0 Å². The number of unbranched alkanes of at least 4 members (excludes halogenated alkanes) is 3. The molecule has 1 amide bonds. The molecule has 7 atom stereocenters. The van der Waals surface area contributed by atoms with E-state index in [-0.39, 0.29) is 1580 Å². The number of allylic oxidation sites excluding steroid dienone is 1. The normalized spacial score (nSPS) is 16.0. The van der Waals surface area contributed by atoms with E-state index in [2.05, 4.69) is 25.2 Å². The predicted octanol–water partition coefficient (Wildman–Crippen LogP) is 6.71. The van der Waals surface area contributed by atoms with Crippen LogP contribution >= 0.6 is 7.60 Å². The van der Waals surface area contributed by atoms with Crippen LogP contribution in [0.15, 0.2) is 11.6 Å². The monoisotopic (exact) mass is 4760 g/mol. The average Bonchev–Trinajstić information content (AvgIpc) is 3.17. The maximum absolute atomic E-state index is 12.4. The molecule has 48 radical (unpaired) electrons. The van der Waals surface area contributed by atoms with Gasteiger partial charge in [-0.2, -0.15) is 0 Å². The number of rotatable bonds is 9. The van der Waals surface area contributed by atoms with E-state index < -0.39 is 7.60 Å². The van der Waals surface area contributed by atoms with E-state index in [1.807, 2.05) is 0 Å². The Bertz CT molecular complexity index is 889. The summed E-state index contributed by atoms with van der Waals surface area (Å²) in [5.41, 5.74) is 2.45. The number of fused-ring (bicyclic) bond motifs is 5. The van der Waals surface area contributed by atoms with E-state index in [4.69, 9.17) is 14.2 Å². The third kappa shape index (κ3) is 152. The fraction of sp³-hybridized carbons (Fsp3) is 0.889. The van der Waals surface area contributed by atoms with E-state index in [1.54, 1.807) is 5.57 Å². The molecular weight excluding hydrogens is 4720 g/mol. The van der Waals surface area contributed by atoms with Crippen molar-refractivity contribution in [3.8, 4) is 0 Å². The molecule has 0 aromatic rings. The van der Waals surface area contributed by atoms with E-state index in [0.717, 1.165) is 62.7 Å². The number of carbonyl (C=O) groups is 1. The summed E-state index contributed by atoms with van der Waals surface area (Å²) in [4.78, 5) is 21.4. The first kappa shape index (κ1) is 299. The summed E-state index contributed by atoms with van der Waals surface area (Å²) in [7, 11) is -3.36. The molecule has 1 unspecified atom stereocenters. The molecule has 0 aromatic heterocycles. The van der Waals surface area contributed by atoms with Crippen molar-refractivity contribution < 1.29 is 1590 Å². The van der Waals surface area contributed by atoms with Gasteiger partial charge in [-0.15, -0.1) is 0 Å². The van der Waals surface area contributed by atoms with Gasteiger partial charge < -0.3 is 19.5 Å². The first-order valence-electron chi connectivity index (χ1n) is 13.7. The molecule has 6 nitrogen and oxygen atoms in total. The maximum Gasteiger partial charge on any atom is 0.407 e. The zero-order valence-electron chi connectivity index (χ0n) is 49.2. The molecule has 0 spiro atoms. The van der Waals surface area contributed by atoms with Crippen LogP contribution in [-0.2, 0) is 1580 Å². The second kappa shape index (κ2) is 203. The number of ether oxygens (including phenoxy) is 1. The number of amides is 1. The quantitative estimate of drug-likeness (QED) is 0.153. The van der Waals surface area contributed by atoms with E-state index in [1.165, 1.54) is 45.2 Å². The van der Waals surface area contributed by atoms with Crippen LogP contribution in [0.2, 0.25) is 0 Å². The van der Waals surface area contributed by atoms with Crippen LogP contribution in [0, 0.1) is 28.6 Å². The second-order valence-electron chi connectivity index (χ2n) is 12.1. The fourth-order valence-corrected chi connectivity index (χ4v) is 8.39. The van der Waals surface area contributed by atoms with Crippen molar-refractivity contribution in [2.24, 2.45) is 28.6 Å². The smallest absolute Gasteiger partial charge is 0.407 e. The standard InChI is InChI=1S/C27H46NO5P.48Y/c1-26-14-8-9-23(26)22-11-10-20-19-21(12-16-27(20,2)24(22)13-15-26)33-25(29)28-17-6-4-5-7-18-32-34(3,30)31;;;;;;;;;;;;;;;;;;;;;;;;;;;;;;;;;;;;;;;;;;;;;;;;/h10,21-24H,4-9,11-19H2,1-3H3,(H,28,29)(H,30,31);;;;;;;;;;;;;;;;;;;;;;;;;;;;;;;;;;;;;;;;;;;;;;;;/t21-,22-,23-,24-,26-,27-;;;;;;;;;;;;;;;;;;;;;;;;;;;;;;;;;;;;;;;;;;;;;;;;/m0................................................/s1. The second-order valence-corrected chi connectivity index (χ2v) is 14.0. The molecule has 4 aliphatic carbocycles. The van der Waals surface area contributed by atoms with Gasteiger partial charge in [-0.1, -0.05) is 44.8 Å². The fourth-order valence-electron chi connectivity index (χ4n) is 7.92. The molecule has 55 heteroatoms. The molecule has 4 aliphatic rings. The van der Waals surface area contributed by atoms with Gasteiger partial charge >= 0.3 is 13.7 Å². The van der Waals surface area contributed by atoms with Crippen molar-refractivity contribution in [2.75, 3.05) is 19.8 Å². The zero-order chi connectivity index (χ0) is 24.4. The molecule has 338 valence electrons. The van der Waals surface area contributed by atoms with Crippen molar-refractivity contribution in [1.82, 2.24) is 5.32 Å². The van der Waals surface area contributed by atoms with Crippen LogP contribution in [0.1, 0.15) is 97.3 Å². The molecule has 4 rings (SSSR count). The minimum absolute atomic E-state index is 0. The average molecular weight is 4760 g/mol. The van der Waals surface area contributed by atoms with Gasteiger partial charge in [-0.3, -0.25) is 4.57 Å². The van der Waals surface area contributed by atoms with Crippen LogP contribution in [0.4, 0.5) is 4.79 Å². The molecule has 2 N–H and O–H groups in total. The van der Waals surface area contributed by atoms with Gasteiger partial charge in [0.2, 0.25) is 0 Å². The Balaban J connectivity index is -0.00000000663. The van der Waals surface area contributed by atoms with Gasteiger partial charge in [-0.25, -0.2) is 4.79 Å². The maximum atomic E-state index is 12.4. The van der Waals surface area contributed by atoms with Crippen LogP contribution in [-0.4, -0.2) is 36.9 Å². The predicted molar refractivity (Wildman–Crippen MR) is 135 cm³/mol. The first-order chi connectivity index (χ1) is 16.1. The van der Waals surface area contributed by atoms with Crippen LogP contribution in [0.25, 0.3) is 0 Å². The van der Waals surface area contributed by atoms with E-state index in [0.29, 0.717) is 24.0 Å². The third-order valence-corrected chi connectivity index (χ3v) is 10.4. The zero-order valence-corrected chi connectivity index (χ0v) is 186. The molecular formula is C27H46NO5PY48. The molecule has 0 aromatic carbocycles. The Hall–Kier alpha value is 52.1. The summed E-state index contributed by atoms with van der Waals surface area (Å²) in [6.45, 7) is 7.18. The van der Waals surface area contributed by atoms with Gasteiger partial charge in [0.25, 0.3) is 0 Å². The van der Waals surface area contributed by atoms with Crippen LogP contribution in [0.3, 0.4) is 0 Å². The van der Waals surface area contributed by atoms with E-state index in [9.17, 15) is 9.36 Å². The van der Waals surface area contributed by atoms with Crippen LogP contribution in [0.5, 0.6) is 0 Å².